The Kier molecular flexibility index (Phi) is 4.81. The number of urea groups is 1. The van der Waals surface area contributed by atoms with Gasteiger partial charge in [-0.05, 0) is 43.4 Å². The molecular formula is C20H20FN7O2. The zero-order chi connectivity index (χ0) is 21.5. The molecule has 9 nitrogen and oxygen atoms in total. The number of carbonyl (C=O) groups excluding carboxylic acids is 2. The zero-order valence-corrected chi connectivity index (χ0v) is 16.5. The Morgan fingerprint density at radius 3 is 2.83 bits per heavy atom. The molecule has 2 saturated heterocycles. The number of anilines is 1. The molecule has 0 radical (unpaired) electrons. The number of hydrogen-bond donors (Lipinski definition) is 2. The van der Waals surface area contributed by atoms with Crippen molar-refractivity contribution < 1.29 is 14.0 Å². The number of carbonyl (C=O) groups is 2. The third-order valence-corrected chi connectivity index (χ3v) is 5.85. The van der Waals surface area contributed by atoms with Crippen LogP contribution in [-0.4, -0.2) is 43.6 Å². The zero-order valence-electron chi connectivity index (χ0n) is 16.5. The minimum Gasteiger partial charge on any atom is -0.307 e. The molecule has 3 atom stereocenters. The molecule has 1 aromatic heterocycles. The number of amides is 3. The topological polar surface area (TPSA) is 124 Å². The Labute approximate surface area is 172 Å². The second kappa shape index (κ2) is 7.33. The first kappa shape index (κ1) is 19.7. The lowest BCUT2D eigenvalue weighted by molar-refractivity contribution is -0.153. The van der Waals surface area contributed by atoms with Crippen LogP contribution < -0.4 is 10.6 Å². The third kappa shape index (κ3) is 3.12. The van der Waals surface area contributed by atoms with E-state index in [0.717, 1.165) is 6.42 Å². The van der Waals surface area contributed by atoms with Crippen molar-refractivity contribution in [3.8, 4) is 17.6 Å². The van der Waals surface area contributed by atoms with E-state index in [1.165, 1.54) is 29.4 Å². The van der Waals surface area contributed by atoms with Crippen LogP contribution in [0.4, 0.5) is 14.9 Å². The number of rotatable bonds is 3. The molecule has 2 fully saturated rings. The fraction of sp³-hybridized carbons (Fsp3) is 0.400. The summed E-state index contributed by atoms with van der Waals surface area (Å²) in [6.07, 6.45) is 6.24. The first-order valence-corrected chi connectivity index (χ1v) is 9.60. The molecule has 0 saturated carbocycles. The number of halogens is 1. The molecule has 3 heterocycles. The molecule has 30 heavy (non-hydrogen) atoms. The summed E-state index contributed by atoms with van der Waals surface area (Å²) in [7, 11) is 0. The predicted octanol–water partition coefficient (Wildman–Crippen LogP) is 2.36. The highest BCUT2D eigenvalue weighted by molar-refractivity contribution is 5.99. The number of aryl methyl sites for hydroxylation is 1. The van der Waals surface area contributed by atoms with E-state index in [4.69, 9.17) is 5.26 Å². The highest BCUT2D eigenvalue weighted by atomic mass is 19.1. The van der Waals surface area contributed by atoms with E-state index >= 15 is 0 Å². The summed E-state index contributed by atoms with van der Waals surface area (Å²) in [5.74, 6) is -0.562. The molecule has 3 unspecified atom stereocenters. The highest BCUT2D eigenvalue weighted by Crippen LogP contribution is 2.50. The van der Waals surface area contributed by atoms with Crippen molar-refractivity contribution in [1.82, 2.24) is 25.4 Å². The van der Waals surface area contributed by atoms with Crippen LogP contribution in [0.15, 0.2) is 24.5 Å². The third-order valence-electron chi connectivity index (χ3n) is 5.85. The Morgan fingerprint density at radius 1 is 1.33 bits per heavy atom. The average Bonchev–Trinajstić information content (AvgIpc) is 2.70. The second-order valence-corrected chi connectivity index (χ2v) is 7.91. The molecule has 3 amide bonds. The predicted molar refractivity (Wildman–Crippen MR) is 104 cm³/mol. The van der Waals surface area contributed by atoms with Crippen molar-refractivity contribution in [3.63, 3.8) is 0 Å². The molecule has 0 spiro atoms. The van der Waals surface area contributed by atoms with Gasteiger partial charge in [0, 0.05) is 24.2 Å². The number of nitrogens with zero attached hydrogens (tertiary/aromatic N) is 5. The van der Waals surface area contributed by atoms with Crippen LogP contribution in [0, 0.1) is 30.1 Å². The quantitative estimate of drug-likeness (QED) is 0.592. The first-order chi connectivity index (χ1) is 14.4. The summed E-state index contributed by atoms with van der Waals surface area (Å²) in [5, 5.41) is 21.3. The summed E-state index contributed by atoms with van der Waals surface area (Å²) >= 11 is 0. The number of nitrogens with one attached hydrogen (secondary N) is 2. The van der Waals surface area contributed by atoms with Gasteiger partial charge in [-0.25, -0.2) is 14.2 Å². The number of fused-ring (bicyclic) bond motifs is 2. The van der Waals surface area contributed by atoms with Gasteiger partial charge in [0.25, 0.3) is 5.91 Å². The summed E-state index contributed by atoms with van der Waals surface area (Å²) < 4.78 is 14.6. The molecule has 0 aliphatic carbocycles. The van der Waals surface area contributed by atoms with Crippen LogP contribution in [0.2, 0.25) is 0 Å². The molecular weight excluding hydrogens is 389 g/mol. The van der Waals surface area contributed by atoms with Crippen LogP contribution in [0.25, 0.3) is 11.4 Å². The van der Waals surface area contributed by atoms with Crippen molar-refractivity contribution in [2.45, 2.75) is 44.7 Å². The summed E-state index contributed by atoms with van der Waals surface area (Å²) in [6, 6.07) is 2.04. The molecule has 2 aliphatic rings. The fourth-order valence-corrected chi connectivity index (χ4v) is 4.69. The van der Waals surface area contributed by atoms with Crippen molar-refractivity contribution in [3.05, 3.63) is 35.9 Å². The summed E-state index contributed by atoms with van der Waals surface area (Å²) in [6.45, 7) is 3.72. The van der Waals surface area contributed by atoms with E-state index in [0.29, 0.717) is 29.8 Å². The lowest BCUT2D eigenvalue weighted by Crippen LogP contribution is -2.77. The molecule has 2 bridgehead atoms. The average molecular weight is 409 g/mol. The Hall–Kier alpha value is -3.61. The number of piperidine rings is 1. The van der Waals surface area contributed by atoms with Crippen LogP contribution in [-0.2, 0) is 4.79 Å². The van der Waals surface area contributed by atoms with E-state index < -0.39 is 23.3 Å². The maximum atomic E-state index is 14.6. The number of aromatic nitrogens is 3. The van der Waals surface area contributed by atoms with Crippen molar-refractivity contribution in [2.24, 2.45) is 5.92 Å². The molecule has 1 aromatic carbocycles. The minimum atomic E-state index is -1.08. The van der Waals surface area contributed by atoms with Gasteiger partial charge in [-0.3, -0.25) is 10.1 Å². The van der Waals surface area contributed by atoms with Gasteiger partial charge in [-0.15, -0.1) is 5.10 Å². The van der Waals surface area contributed by atoms with Crippen molar-refractivity contribution in [2.75, 3.05) is 5.32 Å². The Bertz CT molecular complexity index is 1060. The van der Waals surface area contributed by atoms with Gasteiger partial charge in [0.05, 0.1) is 11.9 Å². The van der Waals surface area contributed by atoms with E-state index in [-0.39, 0.29) is 17.6 Å². The maximum Gasteiger partial charge on any atom is 0.323 e. The molecule has 4 rings (SSSR count). The molecule has 10 heteroatoms. The second-order valence-electron chi connectivity index (χ2n) is 7.91. The summed E-state index contributed by atoms with van der Waals surface area (Å²) in [5.41, 5.74) is 0.00704. The van der Waals surface area contributed by atoms with Gasteiger partial charge in [0.2, 0.25) is 0 Å². The van der Waals surface area contributed by atoms with Gasteiger partial charge < -0.3 is 10.2 Å². The first-order valence-electron chi connectivity index (χ1n) is 9.60. The Morgan fingerprint density at radius 2 is 2.13 bits per heavy atom. The maximum absolute atomic E-state index is 14.6. The van der Waals surface area contributed by atoms with Crippen molar-refractivity contribution >= 4 is 17.6 Å². The van der Waals surface area contributed by atoms with Crippen LogP contribution >= 0.6 is 0 Å². The smallest absolute Gasteiger partial charge is 0.307 e. The normalized spacial score (nSPS) is 24.4. The minimum absolute atomic E-state index is 0.0399. The molecule has 2 N–H and O–H groups in total. The molecule has 2 aromatic rings. The number of nitriles is 1. The largest absolute Gasteiger partial charge is 0.323 e. The van der Waals surface area contributed by atoms with Crippen LogP contribution in [0.3, 0.4) is 0 Å². The van der Waals surface area contributed by atoms with E-state index in [1.54, 1.807) is 13.1 Å². The van der Waals surface area contributed by atoms with Crippen LogP contribution in [0.5, 0.6) is 0 Å². The standard InChI is InChI=1S/C20H20FN7O2/c1-11-5-13-9-20(8-11,18(29)24-10-22)28(13)19(30)26-16-7-14(12(2)6-15(16)21)17-23-3-4-25-27-17/h3-4,6-7,11,13H,5,8-9H2,1-2H3,(H,24,29)(H,26,30). The Balaban J connectivity index is 1.63. The van der Waals surface area contributed by atoms with E-state index in [1.807, 2.05) is 6.92 Å². The number of hydrogen-bond acceptors (Lipinski definition) is 6. The van der Waals surface area contributed by atoms with Gasteiger partial charge in [-0.2, -0.15) is 10.4 Å². The van der Waals surface area contributed by atoms with E-state index in [2.05, 4.69) is 25.8 Å². The van der Waals surface area contributed by atoms with Gasteiger partial charge in [0.1, 0.15) is 11.4 Å². The molecule has 154 valence electrons. The number of benzene rings is 1. The highest BCUT2D eigenvalue weighted by Gasteiger charge is 2.62. The lowest BCUT2D eigenvalue weighted by Gasteiger charge is -2.61. The van der Waals surface area contributed by atoms with E-state index in [9.17, 15) is 14.0 Å². The monoisotopic (exact) mass is 409 g/mol. The van der Waals surface area contributed by atoms with Gasteiger partial charge in [-0.1, -0.05) is 6.92 Å². The van der Waals surface area contributed by atoms with Crippen LogP contribution in [0.1, 0.15) is 31.7 Å². The molecule has 2 aliphatic heterocycles. The lowest BCUT2D eigenvalue weighted by atomic mass is 9.64. The SMILES string of the molecule is Cc1cc(F)c(NC(=O)N2C3CC(C)CC2(C(=O)NC#N)C3)cc1-c1nccnn1. The van der Waals surface area contributed by atoms with Gasteiger partial charge >= 0.3 is 6.03 Å². The fourth-order valence-electron chi connectivity index (χ4n) is 4.69. The van der Waals surface area contributed by atoms with Crippen molar-refractivity contribution in [1.29, 1.82) is 5.26 Å². The summed E-state index contributed by atoms with van der Waals surface area (Å²) in [4.78, 5) is 31.2. The van der Waals surface area contributed by atoms with Gasteiger partial charge in [0.15, 0.2) is 12.0 Å².